The van der Waals surface area contributed by atoms with Gasteiger partial charge in [-0.05, 0) is 43.3 Å². The minimum atomic E-state index is -3.62. The zero-order valence-corrected chi connectivity index (χ0v) is 14.2. The van der Waals surface area contributed by atoms with E-state index < -0.39 is 10.0 Å². The van der Waals surface area contributed by atoms with Gasteiger partial charge in [-0.2, -0.15) is 0 Å². The van der Waals surface area contributed by atoms with Crippen molar-refractivity contribution >= 4 is 31.6 Å². The average molecular weight is 384 g/mol. The molecule has 0 atom stereocenters. The van der Waals surface area contributed by atoms with Crippen LogP contribution in [0.1, 0.15) is 6.92 Å². The summed E-state index contributed by atoms with van der Waals surface area (Å²) in [6.07, 6.45) is 0. The SMILES string of the molecule is CCN(c1ccc2c(c1)OCO2)S(=O)(=O)c1ccc(Br)cc1. The zero-order chi connectivity index (χ0) is 15.7. The molecule has 1 heterocycles. The molecular weight excluding hydrogens is 370 g/mol. The van der Waals surface area contributed by atoms with Crippen molar-refractivity contribution in [1.29, 1.82) is 0 Å². The van der Waals surface area contributed by atoms with E-state index in [1.54, 1.807) is 49.4 Å². The summed E-state index contributed by atoms with van der Waals surface area (Å²) in [6, 6.07) is 11.7. The fourth-order valence-electron chi connectivity index (χ4n) is 2.27. The van der Waals surface area contributed by atoms with E-state index in [4.69, 9.17) is 9.47 Å². The lowest BCUT2D eigenvalue weighted by molar-refractivity contribution is 0.174. The Labute approximate surface area is 137 Å². The van der Waals surface area contributed by atoms with Crippen molar-refractivity contribution < 1.29 is 17.9 Å². The van der Waals surface area contributed by atoms with Crippen LogP contribution in [0.5, 0.6) is 11.5 Å². The van der Waals surface area contributed by atoms with Crippen LogP contribution in [0.15, 0.2) is 51.8 Å². The van der Waals surface area contributed by atoms with Crippen molar-refractivity contribution in [2.45, 2.75) is 11.8 Å². The molecule has 1 aliphatic heterocycles. The highest BCUT2D eigenvalue weighted by atomic mass is 79.9. The van der Waals surface area contributed by atoms with Crippen molar-refractivity contribution in [2.24, 2.45) is 0 Å². The summed E-state index contributed by atoms with van der Waals surface area (Å²) >= 11 is 3.31. The predicted molar refractivity (Wildman–Crippen MR) is 86.9 cm³/mol. The van der Waals surface area contributed by atoms with Gasteiger partial charge in [0, 0.05) is 17.1 Å². The molecule has 22 heavy (non-hydrogen) atoms. The molecule has 0 aromatic heterocycles. The number of sulfonamides is 1. The Balaban J connectivity index is 2.01. The predicted octanol–water partition coefficient (Wildman–Crippen LogP) is 3.39. The molecular formula is C15H14BrNO4S. The minimum Gasteiger partial charge on any atom is -0.454 e. The Bertz CT molecular complexity index is 790. The van der Waals surface area contributed by atoms with Crippen molar-refractivity contribution in [2.75, 3.05) is 17.6 Å². The molecule has 0 aliphatic carbocycles. The third-order valence-corrected chi connectivity index (χ3v) is 5.78. The maximum absolute atomic E-state index is 12.8. The number of ether oxygens (including phenoxy) is 2. The van der Waals surface area contributed by atoms with Gasteiger partial charge in [-0.25, -0.2) is 8.42 Å². The topological polar surface area (TPSA) is 55.8 Å². The third kappa shape index (κ3) is 2.66. The average Bonchev–Trinajstić information content (AvgIpc) is 2.96. The first kappa shape index (κ1) is 15.2. The van der Waals surface area contributed by atoms with Crippen LogP contribution < -0.4 is 13.8 Å². The molecule has 2 aromatic rings. The molecule has 0 radical (unpaired) electrons. The Morgan fingerprint density at radius 1 is 1.09 bits per heavy atom. The molecule has 0 N–H and O–H groups in total. The van der Waals surface area contributed by atoms with Crippen molar-refractivity contribution in [3.8, 4) is 11.5 Å². The number of fused-ring (bicyclic) bond motifs is 1. The van der Waals surface area contributed by atoms with Gasteiger partial charge in [0.25, 0.3) is 10.0 Å². The molecule has 0 unspecified atom stereocenters. The van der Waals surface area contributed by atoms with Crippen molar-refractivity contribution in [3.05, 3.63) is 46.9 Å². The standard InChI is InChI=1S/C15H14BrNO4S/c1-2-17(12-5-8-14-15(9-12)21-10-20-14)22(18,19)13-6-3-11(16)4-7-13/h3-9H,2,10H2,1H3. The van der Waals surface area contributed by atoms with Gasteiger partial charge < -0.3 is 9.47 Å². The molecule has 116 valence electrons. The maximum atomic E-state index is 12.8. The van der Waals surface area contributed by atoms with Crippen LogP contribution in [0, 0.1) is 0 Å². The summed E-state index contributed by atoms with van der Waals surface area (Å²) in [5.41, 5.74) is 0.551. The van der Waals surface area contributed by atoms with Gasteiger partial charge in [-0.15, -0.1) is 0 Å². The van der Waals surface area contributed by atoms with Gasteiger partial charge in [0.1, 0.15) is 0 Å². The summed E-state index contributed by atoms with van der Waals surface area (Å²) in [5.74, 6) is 1.18. The van der Waals surface area contributed by atoms with E-state index in [0.717, 1.165) is 4.47 Å². The number of halogens is 1. The number of benzene rings is 2. The minimum absolute atomic E-state index is 0.157. The monoisotopic (exact) mass is 383 g/mol. The zero-order valence-electron chi connectivity index (χ0n) is 11.8. The van der Waals surface area contributed by atoms with E-state index in [9.17, 15) is 8.42 Å². The van der Waals surface area contributed by atoms with Gasteiger partial charge >= 0.3 is 0 Å². The highest BCUT2D eigenvalue weighted by Crippen LogP contribution is 2.36. The summed E-state index contributed by atoms with van der Waals surface area (Å²) in [5, 5.41) is 0. The highest BCUT2D eigenvalue weighted by molar-refractivity contribution is 9.10. The van der Waals surface area contributed by atoms with Crippen molar-refractivity contribution in [1.82, 2.24) is 0 Å². The first-order valence-corrected chi connectivity index (χ1v) is 8.93. The smallest absolute Gasteiger partial charge is 0.264 e. The van der Waals surface area contributed by atoms with E-state index in [2.05, 4.69) is 15.9 Å². The number of hydrogen-bond donors (Lipinski definition) is 0. The Morgan fingerprint density at radius 2 is 1.77 bits per heavy atom. The summed E-state index contributed by atoms with van der Waals surface area (Å²) in [7, 11) is -3.62. The van der Waals surface area contributed by atoms with Crippen LogP contribution in [-0.4, -0.2) is 21.8 Å². The van der Waals surface area contributed by atoms with E-state index in [0.29, 0.717) is 23.7 Å². The number of hydrogen-bond acceptors (Lipinski definition) is 4. The summed E-state index contributed by atoms with van der Waals surface area (Å²) in [4.78, 5) is 0.246. The first-order valence-electron chi connectivity index (χ1n) is 6.70. The Morgan fingerprint density at radius 3 is 2.45 bits per heavy atom. The molecule has 7 heteroatoms. The number of rotatable bonds is 4. The lowest BCUT2D eigenvalue weighted by atomic mass is 10.3. The van der Waals surface area contributed by atoms with Crippen LogP contribution in [0.2, 0.25) is 0 Å². The van der Waals surface area contributed by atoms with Gasteiger partial charge in [0.05, 0.1) is 10.6 Å². The second kappa shape index (κ2) is 5.81. The molecule has 0 saturated carbocycles. The molecule has 0 spiro atoms. The molecule has 1 aliphatic rings. The van der Waals surface area contributed by atoms with Gasteiger partial charge in [-0.3, -0.25) is 4.31 Å². The lowest BCUT2D eigenvalue weighted by Gasteiger charge is -2.23. The highest BCUT2D eigenvalue weighted by Gasteiger charge is 2.25. The lowest BCUT2D eigenvalue weighted by Crippen LogP contribution is -2.30. The largest absolute Gasteiger partial charge is 0.454 e. The van der Waals surface area contributed by atoms with Crippen molar-refractivity contribution in [3.63, 3.8) is 0 Å². The molecule has 3 rings (SSSR count). The second-order valence-corrected chi connectivity index (χ2v) is 7.44. The fourth-order valence-corrected chi connectivity index (χ4v) is 4.00. The molecule has 2 aromatic carbocycles. The van der Waals surface area contributed by atoms with Crippen LogP contribution in [0.3, 0.4) is 0 Å². The van der Waals surface area contributed by atoms with Crippen LogP contribution >= 0.6 is 15.9 Å². The molecule has 0 amide bonds. The quantitative estimate of drug-likeness (QED) is 0.811. The van der Waals surface area contributed by atoms with E-state index in [1.807, 2.05) is 0 Å². The van der Waals surface area contributed by atoms with Crippen LogP contribution in [0.25, 0.3) is 0 Å². The summed E-state index contributed by atoms with van der Waals surface area (Å²) < 4.78 is 38.4. The third-order valence-electron chi connectivity index (χ3n) is 3.33. The van der Waals surface area contributed by atoms with E-state index >= 15 is 0 Å². The van der Waals surface area contributed by atoms with Crippen LogP contribution in [-0.2, 0) is 10.0 Å². The second-order valence-electron chi connectivity index (χ2n) is 4.66. The maximum Gasteiger partial charge on any atom is 0.264 e. The fraction of sp³-hybridized carbons (Fsp3) is 0.200. The van der Waals surface area contributed by atoms with E-state index in [1.165, 1.54) is 4.31 Å². The first-order chi connectivity index (χ1) is 10.5. The van der Waals surface area contributed by atoms with Gasteiger partial charge in [0.2, 0.25) is 6.79 Å². The summed E-state index contributed by atoms with van der Waals surface area (Å²) in [6.45, 7) is 2.27. The molecule has 0 saturated heterocycles. The molecule has 0 bridgehead atoms. The van der Waals surface area contributed by atoms with Gasteiger partial charge in [-0.1, -0.05) is 15.9 Å². The number of nitrogens with zero attached hydrogens (tertiary/aromatic N) is 1. The molecule has 5 nitrogen and oxygen atoms in total. The van der Waals surface area contributed by atoms with Crippen LogP contribution in [0.4, 0.5) is 5.69 Å². The van der Waals surface area contributed by atoms with E-state index in [-0.39, 0.29) is 11.7 Å². The molecule has 0 fully saturated rings. The Kier molecular flexibility index (Phi) is 4.01. The van der Waals surface area contributed by atoms with Gasteiger partial charge in [0.15, 0.2) is 11.5 Å². The Hall–Kier alpha value is -1.73. The number of anilines is 1. The normalized spacial score (nSPS) is 13.2.